The summed E-state index contributed by atoms with van der Waals surface area (Å²) in [6.45, 7) is 3.99. The first-order valence-electron chi connectivity index (χ1n) is 7.28. The van der Waals surface area contributed by atoms with Gasteiger partial charge in [0.1, 0.15) is 0 Å². The van der Waals surface area contributed by atoms with Gasteiger partial charge in [-0.15, -0.1) is 0 Å². The zero-order valence-corrected chi connectivity index (χ0v) is 11.8. The summed E-state index contributed by atoms with van der Waals surface area (Å²) in [5, 5.41) is 4.53. The lowest BCUT2D eigenvalue weighted by Crippen LogP contribution is -2.22. The number of hydrogen-bond acceptors (Lipinski definition) is 4. The lowest BCUT2D eigenvalue weighted by molar-refractivity contribution is 0.0900. The van der Waals surface area contributed by atoms with Crippen LogP contribution in [0.4, 0.5) is 11.4 Å². The highest BCUT2D eigenvalue weighted by molar-refractivity contribution is 5.98. The minimum absolute atomic E-state index is 0.385. The van der Waals surface area contributed by atoms with Gasteiger partial charge in [0, 0.05) is 36.3 Å². The summed E-state index contributed by atoms with van der Waals surface area (Å²) < 4.78 is 5.73. The van der Waals surface area contributed by atoms with E-state index in [9.17, 15) is 0 Å². The molecule has 3 rings (SSSR count). The number of benzene rings is 1. The lowest BCUT2D eigenvalue weighted by Gasteiger charge is -2.18. The van der Waals surface area contributed by atoms with E-state index in [4.69, 9.17) is 10.5 Å². The number of nitrogen functional groups attached to an aromatic ring is 1. The summed E-state index contributed by atoms with van der Waals surface area (Å²) in [5.41, 5.74) is 8.77. The summed E-state index contributed by atoms with van der Waals surface area (Å²) in [4.78, 5) is 4.45. The van der Waals surface area contributed by atoms with Gasteiger partial charge in [0.15, 0.2) is 0 Å². The minimum atomic E-state index is 0.385. The molecular formula is C16H21N3O. The smallest absolute Gasteiger partial charge is 0.0953 e. The Balaban J connectivity index is 1.79. The average Bonchev–Trinajstić information content (AvgIpc) is 2.94. The quantitative estimate of drug-likeness (QED) is 0.839. The normalized spacial score (nSPS) is 22.2. The van der Waals surface area contributed by atoms with Gasteiger partial charge in [-0.25, -0.2) is 0 Å². The minimum Gasteiger partial charge on any atom is -0.398 e. The van der Waals surface area contributed by atoms with Crippen LogP contribution in [0.2, 0.25) is 0 Å². The molecular weight excluding hydrogens is 250 g/mol. The molecule has 20 heavy (non-hydrogen) atoms. The standard InChI is InChI=1S/C16H21N3O/c1-2-15-11(7-9-20-15)10-19-14-6-5-13(17)12-4-3-8-18-16(12)14/h3-6,8,11,15,19H,2,7,9-10,17H2,1H3. The summed E-state index contributed by atoms with van der Waals surface area (Å²) >= 11 is 0. The topological polar surface area (TPSA) is 60.2 Å². The van der Waals surface area contributed by atoms with Crippen molar-refractivity contribution in [1.82, 2.24) is 4.98 Å². The fraction of sp³-hybridized carbons (Fsp3) is 0.438. The first kappa shape index (κ1) is 13.2. The highest BCUT2D eigenvalue weighted by Crippen LogP contribution is 2.28. The third kappa shape index (κ3) is 2.43. The van der Waals surface area contributed by atoms with Crippen molar-refractivity contribution in [3.8, 4) is 0 Å². The Morgan fingerprint density at radius 3 is 3.15 bits per heavy atom. The van der Waals surface area contributed by atoms with Crippen LogP contribution in [-0.4, -0.2) is 24.2 Å². The van der Waals surface area contributed by atoms with E-state index in [1.165, 1.54) is 0 Å². The molecule has 2 heterocycles. The van der Waals surface area contributed by atoms with Crippen LogP contribution in [0.5, 0.6) is 0 Å². The van der Waals surface area contributed by atoms with Crippen LogP contribution < -0.4 is 11.1 Å². The summed E-state index contributed by atoms with van der Waals surface area (Å²) in [7, 11) is 0. The number of aromatic nitrogens is 1. The Kier molecular flexibility index (Phi) is 3.74. The van der Waals surface area contributed by atoms with E-state index in [2.05, 4.69) is 17.2 Å². The fourth-order valence-electron chi connectivity index (χ4n) is 2.96. The summed E-state index contributed by atoms with van der Waals surface area (Å²) in [6, 6.07) is 7.88. The van der Waals surface area contributed by atoms with Crippen LogP contribution in [0.1, 0.15) is 19.8 Å². The van der Waals surface area contributed by atoms with Gasteiger partial charge >= 0.3 is 0 Å². The predicted octanol–water partition coefficient (Wildman–Crippen LogP) is 3.04. The molecule has 2 unspecified atom stereocenters. The molecule has 2 atom stereocenters. The number of fused-ring (bicyclic) bond motifs is 1. The third-order valence-electron chi connectivity index (χ3n) is 4.11. The maximum Gasteiger partial charge on any atom is 0.0953 e. The van der Waals surface area contributed by atoms with Crippen molar-refractivity contribution in [1.29, 1.82) is 0 Å². The van der Waals surface area contributed by atoms with Crippen molar-refractivity contribution in [2.24, 2.45) is 5.92 Å². The highest BCUT2D eigenvalue weighted by atomic mass is 16.5. The Morgan fingerprint density at radius 1 is 1.40 bits per heavy atom. The molecule has 1 aliphatic heterocycles. The van der Waals surface area contributed by atoms with Gasteiger partial charge in [0.25, 0.3) is 0 Å². The van der Waals surface area contributed by atoms with Crippen molar-refractivity contribution < 1.29 is 4.74 Å². The molecule has 1 saturated heterocycles. The molecule has 0 aliphatic carbocycles. The van der Waals surface area contributed by atoms with Gasteiger partial charge in [0.2, 0.25) is 0 Å². The van der Waals surface area contributed by atoms with Crippen molar-refractivity contribution in [2.75, 3.05) is 24.2 Å². The maximum atomic E-state index is 6.00. The molecule has 1 aromatic carbocycles. The van der Waals surface area contributed by atoms with Gasteiger partial charge in [-0.05, 0) is 37.1 Å². The zero-order valence-electron chi connectivity index (χ0n) is 11.8. The number of nitrogens with two attached hydrogens (primary N) is 1. The first-order valence-corrected chi connectivity index (χ1v) is 7.28. The number of anilines is 2. The Bertz CT molecular complexity index is 599. The summed E-state index contributed by atoms with van der Waals surface area (Å²) in [6.07, 6.45) is 4.40. The van der Waals surface area contributed by atoms with Crippen molar-refractivity contribution in [2.45, 2.75) is 25.9 Å². The van der Waals surface area contributed by atoms with E-state index >= 15 is 0 Å². The van der Waals surface area contributed by atoms with Crippen LogP contribution in [0.3, 0.4) is 0 Å². The molecule has 0 spiro atoms. The lowest BCUT2D eigenvalue weighted by atomic mass is 9.99. The third-order valence-corrected chi connectivity index (χ3v) is 4.11. The van der Waals surface area contributed by atoms with Crippen molar-refractivity contribution in [3.05, 3.63) is 30.5 Å². The molecule has 3 N–H and O–H groups in total. The number of nitrogens with one attached hydrogen (secondary N) is 1. The van der Waals surface area contributed by atoms with Crippen LogP contribution in [0, 0.1) is 5.92 Å². The largest absolute Gasteiger partial charge is 0.398 e. The predicted molar refractivity (Wildman–Crippen MR) is 82.8 cm³/mol. The van der Waals surface area contributed by atoms with Crippen LogP contribution in [-0.2, 0) is 4.74 Å². The molecule has 4 heteroatoms. The summed E-state index contributed by atoms with van der Waals surface area (Å²) in [5.74, 6) is 0.580. The van der Waals surface area contributed by atoms with E-state index in [0.29, 0.717) is 12.0 Å². The fourth-order valence-corrected chi connectivity index (χ4v) is 2.96. The van der Waals surface area contributed by atoms with Gasteiger partial charge in [0.05, 0.1) is 17.3 Å². The number of rotatable bonds is 4. The van der Waals surface area contributed by atoms with E-state index < -0.39 is 0 Å². The monoisotopic (exact) mass is 271 g/mol. The van der Waals surface area contributed by atoms with E-state index in [1.54, 1.807) is 6.20 Å². The molecule has 0 radical (unpaired) electrons. The van der Waals surface area contributed by atoms with Gasteiger partial charge < -0.3 is 15.8 Å². The van der Waals surface area contributed by atoms with Crippen LogP contribution >= 0.6 is 0 Å². The second kappa shape index (κ2) is 5.67. The molecule has 2 aromatic rings. The Morgan fingerprint density at radius 2 is 2.30 bits per heavy atom. The molecule has 0 bridgehead atoms. The van der Waals surface area contributed by atoms with Gasteiger partial charge in [-0.1, -0.05) is 6.92 Å². The maximum absolute atomic E-state index is 6.00. The molecule has 4 nitrogen and oxygen atoms in total. The molecule has 1 fully saturated rings. The molecule has 1 aliphatic rings. The average molecular weight is 271 g/mol. The first-order chi connectivity index (χ1) is 9.79. The van der Waals surface area contributed by atoms with E-state index in [-0.39, 0.29) is 0 Å². The number of nitrogens with zero attached hydrogens (tertiary/aromatic N) is 1. The molecule has 1 aromatic heterocycles. The van der Waals surface area contributed by atoms with E-state index in [0.717, 1.165) is 48.3 Å². The SMILES string of the molecule is CCC1OCCC1CNc1ccc(N)c2cccnc12. The van der Waals surface area contributed by atoms with Crippen molar-refractivity contribution >= 4 is 22.3 Å². The number of pyridine rings is 1. The zero-order chi connectivity index (χ0) is 13.9. The van der Waals surface area contributed by atoms with Crippen LogP contribution in [0.25, 0.3) is 10.9 Å². The van der Waals surface area contributed by atoms with E-state index in [1.807, 2.05) is 24.3 Å². The second-order valence-corrected chi connectivity index (χ2v) is 5.35. The number of hydrogen-bond donors (Lipinski definition) is 2. The van der Waals surface area contributed by atoms with Crippen LogP contribution in [0.15, 0.2) is 30.5 Å². The van der Waals surface area contributed by atoms with Gasteiger partial charge in [-0.2, -0.15) is 0 Å². The number of ether oxygens (including phenoxy) is 1. The second-order valence-electron chi connectivity index (χ2n) is 5.35. The van der Waals surface area contributed by atoms with Crippen molar-refractivity contribution in [3.63, 3.8) is 0 Å². The molecule has 106 valence electrons. The Labute approximate surface area is 119 Å². The molecule has 0 amide bonds. The molecule has 0 saturated carbocycles. The van der Waals surface area contributed by atoms with Gasteiger partial charge in [-0.3, -0.25) is 4.98 Å². The highest BCUT2D eigenvalue weighted by Gasteiger charge is 2.26. The Hall–Kier alpha value is -1.81.